The Balaban J connectivity index is 1.58. The van der Waals surface area contributed by atoms with Crippen LogP contribution in [0.4, 0.5) is 0 Å². The maximum absolute atomic E-state index is 12.6. The predicted molar refractivity (Wildman–Crippen MR) is 104 cm³/mol. The molecule has 0 spiro atoms. The van der Waals surface area contributed by atoms with E-state index in [0.717, 1.165) is 20.6 Å². The van der Waals surface area contributed by atoms with E-state index in [1.54, 1.807) is 13.2 Å². The van der Waals surface area contributed by atoms with Crippen molar-refractivity contribution in [2.45, 2.75) is 13.3 Å². The number of hydrogen-bond acceptors (Lipinski definition) is 5. The number of carbonyl (C=O) groups excluding carboxylic acids is 2. The first-order valence-electron chi connectivity index (χ1n) is 8.65. The summed E-state index contributed by atoms with van der Waals surface area (Å²) in [6.45, 7) is 2.45. The van der Waals surface area contributed by atoms with Crippen LogP contribution >= 0.6 is 22.6 Å². The number of hydrazone groups is 1. The van der Waals surface area contributed by atoms with Crippen molar-refractivity contribution >= 4 is 40.6 Å². The van der Waals surface area contributed by atoms with E-state index in [1.807, 2.05) is 13.0 Å². The molecular weight excluding hydrogens is 447 g/mol. The van der Waals surface area contributed by atoms with Crippen LogP contribution in [0.25, 0.3) is 0 Å². The molecule has 2 fully saturated rings. The van der Waals surface area contributed by atoms with Crippen LogP contribution in [0, 0.1) is 27.2 Å². The van der Waals surface area contributed by atoms with E-state index >= 15 is 0 Å². The van der Waals surface area contributed by atoms with Crippen molar-refractivity contribution < 1.29 is 19.1 Å². The number of halogens is 1. The van der Waals surface area contributed by atoms with Gasteiger partial charge < -0.3 is 9.47 Å². The molecule has 2 amide bonds. The van der Waals surface area contributed by atoms with Crippen molar-refractivity contribution in [3.05, 3.63) is 33.4 Å². The van der Waals surface area contributed by atoms with Gasteiger partial charge in [-0.05, 0) is 65.5 Å². The van der Waals surface area contributed by atoms with Crippen LogP contribution in [0.15, 0.2) is 29.4 Å². The lowest BCUT2D eigenvalue weighted by Gasteiger charge is -2.13. The minimum atomic E-state index is -0.232. The number of methoxy groups -OCH3 is 1. The second kappa shape index (κ2) is 6.68. The molecule has 1 heterocycles. The summed E-state index contributed by atoms with van der Waals surface area (Å²) in [7, 11) is 1.58. The highest BCUT2D eigenvalue weighted by Crippen LogP contribution is 2.52. The Morgan fingerprint density at radius 1 is 1.23 bits per heavy atom. The average molecular weight is 466 g/mol. The third-order valence-corrected chi connectivity index (χ3v) is 6.11. The monoisotopic (exact) mass is 466 g/mol. The van der Waals surface area contributed by atoms with E-state index in [2.05, 4.69) is 39.8 Å². The van der Waals surface area contributed by atoms with Gasteiger partial charge in [0.2, 0.25) is 0 Å². The number of fused-ring (bicyclic) bond motifs is 5. The highest BCUT2D eigenvalue weighted by atomic mass is 127. The lowest BCUT2D eigenvalue weighted by atomic mass is 9.85. The normalized spacial score (nSPS) is 29.1. The second-order valence-corrected chi connectivity index (χ2v) is 7.86. The fourth-order valence-corrected chi connectivity index (χ4v) is 5.00. The molecule has 6 nitrogen and oxygen atoms in total. The van der Waals surface area contributed by atoms with Crippen molar-refractivity contribution in [1.29, 1.82) is 0 Å². The van der Waals surface area contributed by atoms with E-state index in [0.29, 0.717) is 18.1 Å². The van der Waals surface area contributed by atoms with Crippen LogP contribution in [0.1, 0.15) is 18.9 Å². The second-order valence-electron chi connectivity index (χ2n) is 6.70. The number of amides is 2. The largest absolute Gasteiger partial charge is 0.493 e. The number of ether oxygens (including phenoxy) is 2. The lowest BCUT2D eigenvalue weighted by Crippen LogP contribution is -2.28. The van der Waals surface area contributed by atoms with Gasteiger partial charge in [-0.25, -0.2) is 0 Å². The first-order valence-corrected chi connectivity index (χ1v) is 9.73. The molecule has 1 saturated heterocycles. The molecule has 0 N–H and O–H groups in total. The number of nitrogens with zero attached hydrogens (tertiary/aromatic N) is 2. The molecule has 0 unspecified atom stereocenters. The van der Waals surface area contributed by atoms with E-state index in [9.17, 15) is 9.59 Å². The topological polar surface area (TPSA) is 68.2 Å². The molecule has 1 aromatic carbocycles. The van der Waals surface area contributed by atoms with Gasteiger partial charge in [-0.3, -0.25) is 9.59 Å². The van der Waals surface area contributed by atoms with Gasteiger partial charge >= 0.3 is 0 Å². The van der Waals surface area contributed by atoms with Gasteiger partial charge in [-0.15, -0.1) is 0 Å². The van der Waals surface area contributed by atoms with Gasteiger partial charge in [0, 0.05) is 0 Å². The zero-order valence-electron chi connectivity index (χ0n) is 14.5. The Kier molecular flexibility index (Phi) is 4.50. The zero-order chi connectivity index (χ0) is 18.4. The maximum Gasteiger partial charge on any atom is 0.254 e. The summed E-state index contributed by atoms with van der Waals surface area (Å²) < 4.78 is 11.9. The molecule has 1 aliphatic heterocycles. The van der Waals surface area contributed by atoms with Gasteiger partial charge in [0.1, 0.15) is 0 Å². The Hall–Kier alpha value is -1.90. The van der Waals surface area contributed by atoms with Crippen LogP contribution in [0.3, 0.4) is 0 Å². The summed E-state index contributed by atoms with van der Waals surface area (Å²) in [6.07, 6.45) is 6.60. The Bertz CT molecular complexity index is 805. The van der Waals surface area contributed by atoms with Crippen LogP contribution < -0.4 is 9.47 Å². The molecule has 1 saturated carbocycles. The summed E-state index contributed by atoms with van der Waals surface area (Å²) in [5, 5.41) is 5.26. The van der Waals surface area contributed by atoms with Crippen molar-refractivity contribution in [3.8, 4) is 11.5 Å². The molecular formula is C19H19IN2O4. The van der Waals surface area contributed by atoms with Crippen molar-refractivity contribution in [1.82, 2.24) is 5.01 Å². The number of allylic oxidation sites excluding steroid dienone is 2. The third kappa shape index (κ3) is 2.64. The minimum absolute atomic E-state index is 0.180. The van der Waals surface area contributed by atoms with E-state index < -0.39 is 0 Å². The first kappa shape index (κ1) is 17.5. The summed E-state index contributed by atoms with van der Waals surface area (Å²) in [5.41, 5.74) is 0.744. The Morgan fingerprint density at radius 3 is 2.46 bits per heavy atom. The van der Waals surface area contributed by atoms with E-state index in [-0.39, 0.29) is 35.5 Å². The number of hydrogen-bond donors (Lipinski definition) is 0. The summed E-state index contributed by atoms with van der Waals surface area (Å²) in [4.78, 5) is 25.3. The third-order valence-electron chi connectivity index (χ3n) is 5.31. The predicted octanol–water partition coefficient (Wildman–Crippen LogP) is 2.84. The number of carbonyl (C=O) groups is 2. The minimum Gasteiger partial charge on any atom is -0.493 e. The maximum atomic E-state index is 12.6. The van der Waals surface area contributed by atoms with Gasteiger partial charge in [0.25, 0.3) is 11.8 Å². The van der Waals surface area contributed by atoms with Crippen molar-refractivity contribution in [2.75, 3.05) is 13.7 Å². The molecule has 2 bridgehead atoms. The van der Waals surface area contributed by atoms with E-state index in [4.69, 9.17) is 9.47 Å². The van der Waals surface area contributed by atoms with Crippen molar-refractivity contribution in [2.24, 2.45) is 28.8 Å². The molecule has 7 heteroatoms. The molecule has 1 aromatic rings. The van der Waals surface area contributed by atoms with Crippen molar-refractivity contribution in [3.63, 3.8) is 0 Å². The smallest absolute Gasteiger partial charge is 0.254 e. The summed E-state index contributed by atoms with van der Waals surface area (Å²) >= 11 is 2.17. The molecule has 0 radical (unpaired) electrons. The van der Waals surface area contributed by atoms with Crippen LogP contribution in [0.5, 0.6) is 11.5 Å². The Morgan fingerprint density at radius 2 is 1.88 bits per heavy atom. The highest BCUT2D eigenvalue weighted by molar-refractivity contribution is 14.1. The lowest BCUT2D eigenvalue weighted by molar-refractivity contribution is -0.140. The molecule has 0 aromatic heterocycles. The molecule has 4 atom stereocenters. The molecule has 136 valence electrons. The van der Waals surface area contributed by atoms with E-state index in [1.165, 1.54) is 6.21 Å². The first-order chi connectivity index (χ1) is 12.5. The highest BCUT2D eigenvalue weighted by Gasteiger charge is 2.59. The van der Waals surface area contributed by atoms with Gasteiger partial charge in [-0.1, -0.05) is 12.2 Å². The Labute approximate surface area is 165 Å². The summed E-state index contributed by atoms with van der Waals surface area (Å²) in [5.74, 6) is 0.827. The van der Waals surface area contributed by atoms with Gasteiger partial charge in [-0.2, -0.15) is 10.1 Å². The fraction of sp³-hybridized carbons (Fsp3) is 0.421. The van der Waals surface area contributed by atoms with Gasteiger partial charge in [0.15, 0.2) is 11.5 Å². The van der Waals surface area contributed by atoms with Crippen LogP contribution in [-0.4, -0.2) is 36.8 Å². The molecule has 2 aliphatic carbocycles. The standard InChI is InChI=1S/C19H19IN2O4/c1-3-26-17-13(20)6-10(7-14(17)25-2)9-21-22-18(23)15-11-4-5-12(8-11)16(15)19(22)24/h4-7,9,11-12,15-16H,3,8H2,1-2H3/b21-9-/t11-,12-,15-,16-/m0/s1. The van der Waals surface area contributed by atoms with Crippen LogP contribution in [-0.2, 0) is 9.59 Å². The van der Waals surface area contributed by atoms with Crippen LogP contribution in [0.2, 0.25) is 0 Å². The molecule has 4 rings (SSSR count). The average Bonchev–Trinajstić information content (AvgIpc) is 3.30. The number of benzene rings is 1. The molecule has 3 aliphatic rings. The number of rotatable bonds is 5. The zero-order valence-corrected chi connectivity index (χ0v) is 16.7. The molecule has 26 heavy (non-hydrogen) atoms. The SMILES string of the molecule is CCOc1c(I)cc(/C=N\N2C(=O)[C@@H]3[C@@H](C2=O)[C@H]2C=C[C@H]3C2)cc1OC. The fourth-order valence-electron chi connectivity index (χ4n) is 4.22. The van der Waals surface area contributed by atoms with Gasteiger partial charge in [0.05, 0.1) is 35.3 Å². The number of imide groups is 1. The summed E-state index contributed by atoms with van der Waals surface area (Å²) in [6, 6.07) is 3.67. The quantitative estimate of drug-likeness (QED) is 0.290.